The molecule has 0 unspecified atom stereocenters. The summed E-state index contributed by atoms with van der Waals surface area (Å²) >= 11 is 0. The Kier molecular flexibility index (Phi) is 9.59. The van der Waals surface area contributed by atoms with Gasteiger partial charge in [-0.05, 0) is 73.9 Å². The minimum absolute atomic E-state index is 0.265. The van der Waals surface area contributed by atoms with E-state index in [1.54, 1.807) is 18.5 Å². The number of nitrogens with zero attached hydrogens (tertiary/aromatic N) is 1. The van der Waals surface area contributed by atoms with E-state index in [9.17, 15) is 9.90 Å². The van der Waals surface area contributed by atoms with Crippen molar-refractivity contribution in [2.75, 3.05) is 25.0 Å². The smallest absolute Gasteiger partial charge is 0.253 e. The van der Waals surface area contributed by atoms with E-state index in [0.29, 0.717) is 31.1 Å². The predicted molar refractivity (Wildman–Crippen MR) is 156 cm³/mol. The number of hydrogen-bond acceptors (Lipinski definition) is 6. The summed E-state index contributed by atoms with van der Waals surface area (Å²) in [5.41, 5.74) is 4.31. The van der Waals surface area contributed by atoms with Gasteiger partial charge >= 0.3 is 0 Å². The molecule has 0 aliphatic carbocycles. The van der Waals surface area contributed by atoms with Crippen LogP contribution in [0.2, 0.25) is 0 Å². The average Bonchev–Trinajstić information content (AvgIpc) is 2.93. The minimum atomic E-state index is -0.834. The molecule has 0 saturated carbocycles. The molecule has 1 aliphatic rings. The molecule has 2 aromatic carbocycles. The van der Waals surface area contributed by atoms with Crippen molar-refractivity contribution in [3.63, 3.8) is 0 Å². The summed E-state index contributed by atoms with van der Waals surface area (Å²) in [4.78, 5) is 17.5. The van der Waals surface area contributed by atoms with Crippen molar-refractivity contribution in [1.82, 2.24) is 15.6 Å². The third kappa shape index (κ3) is 8.04. The molecule has 39 heavy (non-hydrogen) atoms. The molecule has 0 radical (unpaired) electrons. The zero-order valence-electron chi connectivity index (χ0n) is 23.5. The maximum Gasteiger partial charge on any atom is 0.253 e. The average molecular weight is 531 g/mol. The normalized spacial score (nSPS) is 17.6. The fraction of sp³-hybridized carbons (Fsp3) is 0.438. The zero-order valence-corrected chi connectivity index (χ0v) is 23.5. The first-order valence-corrected chi connectivity index (χ1v) is 14.0. The van der Waals surface area contributed by atoms with E-state index >= 15 is 0 Å². The van der Waals surface area contributed by atoms with Gasteiger partial charge in [0, 0.05) is 31.0 Å². The second-order valence-corrected chi connectivity index (χ2v) is 11.2. The fourth-order valence-electron chi connectivity index (χ4n) is 4.75. The highest BCUT2D eigenvalue weighted by Gasteiger charge is 2.27. The number of hydrogen-bond donors (Lipinski definition) is 4. The molecule has 0 saturated heterocycles. The maximum absolute atomic E-state index is 13.3. The van der Waals surface area contributed by atoms with E-state index in [4.69, 9.17) is 4.74 Å². The molecule has 2 atom stereocenters. The Balaban J connectivity index is 1.54. The van der Waals surface area contributed by atoms with Crippen molar-refractivity contribution < 1.29 is 14.6 Å². The van der Waals surface area contributed by atoms with Crippen LogP contribution in [0.4, 0.5) is 5.69 Å². The first-order chi connectivity index (χ1) is 18.7. The first kappa shape index (κ1) is 28.6. The number of carbonyl (C=O) groups is 1. The lowest BCUT2D eigenvalue weighted by molar-refractivity contribution is 0.0813. The molecule has 1 aliphatic heterocycles. The van der Waals surface area contributed by atoms with Crippen LogP contribution in [0.3, 0.4) is 0 Å². The van der Waals surface area contributed by atoms with Gasteiger partial charge < -0.3 is 25.8 Å². The number of anilines is 1. The van der Waals surface area contributed by atoms with Gasteiger partial charge in [0.05, 0.1) is 30.0 Å². The molecule has 4 bridgehead atoms. The Morgan fingerprint density at radius 2 is 1.92 bits per heavy atom. The molecule has 4 N–H and O–H groups in total. The number of aliphatic hydroxyl groups excluding tert-OH is 1. The third-order valence-electron chi connectivity index (χ3n) is 7.33. The van der Waals surface area contributed by atoms with Gasteiger partial charge in [0.2, 0.25) is 0 Å². The van der Waals surface area contributed by atoms with Gasteiger partial charge in [-0.15, -0.1) is 0 Å². The summed E-state index contributed by atoms with van der Waals surface area (Å²) in [5, 5.41) is 21.4. The van der Waals surface area contributed by atoms with Crippen LogP contribution in [0, 0.1) is 0 Å². The van der Waals surface area contributed by atoms with Gasteiger partial charge in [0.15, 0.2) is 0 Å². The van der Waals surface area contributed by atoms with E-state index in [1.807, 2.05) is 24.3 Å². The van der Waals surface area contributed by atoms with Crippen LogP contribution in [0.5, 0.6) is 5.75 Å². The monoisotopic (exact) mass is 530 g/mol. The summed E-state index contributed by atoms with van der Waals surface area (Å²) in [5.74, 6) is 0.965. The van der Waals surface area contributed by atoms with Gasteiger partial charge in [0.1, 0.15) is 5.75 Å². The molecular formula is C32H42N4O3. The number of ether oxygens (including phenoxy) is 1. The van der Waals surface area contributed by atoms with Gasteiger partial charge in [-0.25, -0.2) is 0 Å². The fourth-order valence-corrected chi connectivity index (χ4v) is 4.75. The highest BCUT2D eigenvalue weighted by atomic mass is 16.5. The summed E-state index contributed by atoms with van der Waals surface area (Å²) < 4.78 is 5.97. The lowest BCUT2D eigenvalue weighted by Gasteiger charge is -2.32. The molecule has 3 aromatic rings. The molecule has 7 heteroatoms. The molecule has 2 heterocycles. The lowest BCUT2D eigenvalue weighted by Crippen LogP contribution is -2.51. The largest absolute Gasteiger partial charge is 0.494 e. The van der Waals surface area contributed by atoms with E-state index in [-0.39, 0.29) is 11.4 Å². The van der Waals surface area contributed by atoms with Crippen molar-refractivity contribution in [2.45, 2.75) is 70.6 Å². The van der Waals surface area contributed by atoms with Gasteiger partial charge in [-0.1, -0.05) is 50.2 Å². The Bertz CT molecular complexity index is 1240. The number of rotatable bonds is 6. The quantitative estimate of drug-likeness (QED) is 0.358. The van der Waals surface area contributed by atoms with Crippen LogP contribution in [0.15, 0.2) is 67.0 Å². The number of fused-ring (bicyclic) bond motifs is 4. The highest BCUT2D eigenvalue weighted by molar-refractivity contribution is 5.95. The van der Waals surface area contributed by atoms with Gasteiger partial charge in [0.25, 0.3) is 5.91 Å². The zero-order chi connectivity index (χ0) is 27.8. The Morgan fingerprint density at radius 3 is 2.74 bits per heavy atom. The van der Waals surface area contributed by atoms with E-state index in [1.165, 1.54) is 5.56 Å². The molecule has 208 valence electrons. The molecular weight excluding hydrogens is 488 g/mol. The summed E-state index contributed by atoms with van der Waals surface area (Å²) in [6.07, 6.45) is 4.75. The van der Waals surface area contributed by atoms with Gasteiger partial charge in [-0.3, -0.25) is 9.78 Å². The summed E-state index contributed by atoms with van der Waals surface area (Å²) in [6, 6.07) is 17.7. The Hall–Kier alpha value is -3.42. The molecule has 0 fully saturated rings. The second kappa shape index (κ2) is 13.1. The van der Waals surface area contributed by atoms with Gasteiger partial charge in [-0.2, -0.15) is 0 Å². The number of carbonyl (C=O) groups excluding carboxylic acids is 1. The molecule has 4 rings (SSSR count). The number of benzene rings is 2. The number of amides is 1. The standard InChI is InChI=1S/C32H42N4O3/c1-22(2)24-10-8-11-26(17-24)32(3,4)35-21-30(37)29-16-23-9-7-12-28(15-23)39-14-6-5-13-34-27-18-25(19-33-20-27)31(38)36-29/h7-12,15,17-20,22,29-30,34-35,37H,5-6,13-14,16,21H2,1-4H3,(H,36,38)/t29-,30+/m0/s1. The number of nitrogens with one attached hydrogen (secondary N) is 3. The molecule has 1 aromatic heterocycles. The predicted octanol–water partition coefficient (Wildman–Crippen LogP) is 5.02. The van der Waals surface area contributed by atoms with Crippen molar-refractivity contribution in [2.24, 2.45) is 0 Å². The number of pyridine rings is 1. The van der Waals surface area contributed by atoms with Crippen LogP contribution < -0.4 is 20.7 Å². The van der Waals surface area contributed by atoms with E-state index < -0.39 is 12.1 Å². The second-order valence-electron chi connectivity index (χ2n) is 11.2. The topological polar surface area (TPSA) is 95.5 Å². The number of aliphatic hydroxyl groups is 1. The molecule has 7 nitrogen and oxygen atoms in total. The first-order valence-electron chi connectivity index (χ1n) is 14.0. The van der Waals surface area contributed by atoms with E-state index in [0.717, 1.165) is 42.0 Å². The van der Waals surface area contributed by atoms with E-state index in [2.05, 4.69) is 72.9 Å². The minimum Gasteiger partial charge on any atom is -0.494 e. The van der Waals surface area contributed by atoms with Crippen LogP contribution in [0.25, 0.3) is 0 Å². The van der Waals surface area contributed by atoms with Crippen molar-refractivity contribution in [1.29, 1.82) is 0 Å². The van der Waals surface area contributed by atoms with Crippen molar-refractivity contribution in [3.05, 3.63) is 89.2 Å². The summed E-state index contributed by atoms with van der Waals surface area (Å²) in [6.45, 7) is 10.3. The van der Waals surface area contributed by atoms with Crippen LogP contribution in [-0.2, 0) is 12.0 Å². The maximum atomic E-state index is 13.3. The Labute approximate surface area is 232 Å². The van der Waals surface area contributed by atoms with Crippen LogP contribution in [-0.4, -0.2) is 47.8 Å². The van der Waals surface area contributed by atoms with Crippen molar-refractivity contribution in [3.8, 4) is 5.75 Å². The van der Waals surface area contributed by atoms with Crippen LogP contribution >= 0.6 is 0 Å². The van der Waals surface area contributed by atoms with Crippen LogP contribution in [0.1, 0.15) is 73.5 Å². The SMILES string of the molecule is CC(C)c1cccc(C(C)(C)NC[C@@H](O)[C@@H]2Cc3cccc(c3)OCCCCNc3cncc(c3)C(=O)N2)c1. The molecule has 0 spiro atoms. The third-order valence-corrected chi connectivity index (χ3v) is 7.33. The summed E-state index contributed by atoms with van der Waals surface area (Å²) in [7, 11) is 0. The lowest BCUT2D eigenvalue weighted by atomic mass is 9.90. The highest BCUT2D eigenvalue weighted by Crippen LogP contribution is 2.25. The Morgan fingerprint density at radius 1 is 1.10 bits per heavy atom. The van der Waals surface area contributed by atoms with Crippen molar-refractivity contribution >= 4 is 11.6 Å². The molecule has 1 amide bonds. The number of aromatic nitrogens is 1.